The van der Waals surface area contributed by atoms with Gasteiger partial charge in [-0.05, 0) is 24.6 Å². The highest BCUT2D eigenvalue weighted by Crippen LogP contribution is 2.08. The van der Waals surface area contributed by atoms with E-state index in [1.807, 2.05) is 19.1 Å². The molecule has 0 heterocycles. The van der Waals surface area contributed by atoms with Crippen molar-refractivity contribution in [3.63, 3.8) is 0 Å². The van der Waals surface area contributed by atoms with Gasteiger partial charge in [0.2, 0.25) is 0 Å². The molecule has 0 aromatic heterocycles. The number of hydrogen-bond acceptors (Lipinski definition) is 2. The standard InChI is InChI=1S/C7H8O.H3N/c1-6-3-2-4-7(8)5-6;/h2-5,8H,1H3;1H3. The summed E-state index contributed by atoms with van der Waals surface area (Å²) in [7, 11) is 0. The van der Waals surface area contributed by atoms with E-state index in [0.717, 1.165) is 5.56 Å². The van der Waals surface area contributed by atoms with Crippen LogP contribution in [0.15, 0.2) is 24.3 Å². The van der Waals surface area contributed by atoms with Crippen LogP contribution in [-0.2, 0) is 0 Å². The molecule has 0 fully saturated rings. The van der Waals surface area contributed by atoms with Crippen molar-refractivity contribution in [2.75, 3.05) is 0 Å². The minimum absolute atomic E-state index is 0. The van der Waals surface area contributed by atoms with Gasteiger partial charge < -0.3 is 11.3 Å². The molecule has 9 heavy (non-hydrogen) atoms. The van der Waals surface area contributed by atoms with E-state index in [1.54, 1.807) is 12.1 Å². The third-order valence-electron chi connectivity index (χ3n) is 1.00. The van der Waals surface area contributed by atoms with Crippen molar-refractivity contribution in [3.05, 3.63) is 29.8 Å². The third kappa shape index (κ3) is 2.15. The molecule has 0 atom stereocenters. The highest BCUT2D eigenvalue weighted by molar-refractivity contribution is 5.25. The molecule has 0 radical (unpaired) electrons. The molecule has 1 aromatic rings. The van der Waals surface area contributed by atoms with Crippen molar-refractivity contribution >= 4 is 0 Å². The SMILES string of the molecule is Cc1cccc(O)c1.N. The van der Waals surface area contributed by atoms with Gasteiger partial charge in [-0.25, -0.2) is 0 Å². The summed E-state index contributed by atoms with van der Waals surface area (Å²) in [6.45, 7) is 1.94. The van der Waals surface area contributed by atoms with Gasteiger partial charge in [0.15, 0.2) is 0 Å². The molecule has 1 aromatic carbocycles. The number of hydrogen-bond donors (Lipinski definition) is 2. The van der Waals surface area contributed by atoms with Gasteiger partial charge in [-0.3, -0.25) is 0 Å². The van der Waals surface area contributed by atoms with Crippen molar-refractivity contribution in [2.24, 2.45) is 0 Å². The van der Waals surface area contributed by atoms with E-state index >= 15 is 0 Å². The molecule has 0 aliphatic carbocycles. The van der Waals surface area contributed by atoms with Crippen LogP contribution < -0.4 is 6.15 Å². The Labute approximate surface area is 54.7 Å². The quantitative estimate of drug-likeness (QED) is 0.556. The molecule has 0 saturated carbocycles. The molecule has 0 aliphatic heterocycles. The Bertz CT molecular complexity index is 169. The van der Waals surface area contributed by atoms with E-state index in [9.17, 15) is 0 Å². The zero-order valence-corrected chi connectivity index (χ0v) is 5.46. The normalized spacial score (nSPS) is 8.11. The first-order valence-electron chi connectivity index (χ1n) is 2.54. The molecule has 2 nitrogen and oxygen atoms in total. The van der Waals surface area contributed by atoms with Crippen LogP contribution in [0.25, 0.3) is 0 Å². The summed E-state index contributed by atoms with van der Waals surface area (Å²) in [5.74, 6) is 0.338. The smallest absolute Gasteiger partial charge is 0.115 e. The van der Waals surface area contributed by atoms with Crippen LogP contribution in [0.3, 0.4) is 0 Å². The monoisotopic (exact) mass is 125 g/mol. The number of rotatable bonds is 0. The lowest BCUT2D eigenvalue weighted by Gasteiger charge is -1.89. The molecule has 0 amide bonds. The lowest BCUT2D eigenvalue weighted by molar-refractivity contribution is 0.475. The minimum Gasteiger partial charge on any atom is -0.508 e. The summed E-state index contributed by atoms with van der Waals surface area (Å²) in [6, 6.07) is 7.15. The van der Waals surface area contributed by atoms with Gasteiger partial charge in [0, 0.05) is 0 Å². The van der Waals surface area contributed by atoms with Crippen molar-refractivity contribution < 1.29 is 5.11 Å². The number of aryl methyl sites for hydroxylation is 1. The summed E-state index contributed by atoms with van der Waals surface area (Å²) < 4.78 is 0. The Morgan fingerprint density at radius 3 is 2.33 bits per heavy atom. The molecular weight excluding hydrogens is 114 g/mol. The molecule has 0 bridgehead atoms. The maximum absolute atomic E-state index is 8.81. The van der Waals surface area contributed by atoms with E-state index in [2.05, 4.69) is 0 Å². The minimum atomic E-state index is 0. The maximum Gasteiger partial charge on any atom is 0.115 e. The number of aromatic hydroxyl groups is 1. The Hall–Kier alpha value is -1.02. The zero-order chi connectivity index (χ0) is 5.98. The Balaban J connectivity index is 0.000000640. The summed E-state index contributed by atoms with van der Waals surface area (Å²) >= 11 is 0. The van der Waals surface area contributed by atoms with E-state index in [0.29, 0.717) is 5.75 Å². The number of benzene rings is 1. The van der Waals surface area contributed by atoms with Gasteiger partial charge in [0.05, 0.1) is 0 Å². The van der Waals surface area contributed by atoms with Crippen molar-refractivity contribution in [2.45, 2.75) is 6.92 Å². The van der Waals surface area contributed by atoms with Gasteiger partial charge >= 0.3 is 0 Å². The zero-order valence-electron chi connectivity index (χ0n) is 5.46. The Kier molecular flexibility index (Phi) is 2.74. The molecule has 0 spiro atoms. The highest BCUT2D eigenvalue weighted by atomic mass is 16.3. The maximum atomic E-state index is 8.81. The summed E-state index contributed by atoms with van der Waals surface area (Å²) in [6.07, 6.45) is 0. The first kappa shape index (κ1) is 7.98. The fourth-order valence-electron chi connectivity index (χ4n) is 0.628. The molecule has 0 saturated heterocycles. The predicted molar refractivity (Wildman–Crippen MR) is 37.9 cm³/mol. The van der Waals surface area contributed by atoms with E-state index in [4.69, 9.17) is 5.11 Å². The van der Waals surface area contributed by atoms with Crippen LogP contribution in [0, 0.1) is 6.92 Å². The predicted octanol–water partition coefficient (Wildman–Crippen LogP) is 1.86. The number of phenolic OH excluding ortho intramolecular Hbond substituents is 1. The third-order valence-corrected chi connectivity index (χ3v) is 1.00. The van der Waals surface area contributed by atoms with Crippen LogP contribution in [0.1, 0.15) is 5.56 Å². The second-order valence-electron chi connectivity index (χ2n) is 1.84. The van der Waals surface area contributed by atoms with Crippen LogP contribution in [0.2, 0.25) is 0 Å². The van der Waals surface area contributed by atoms with Gasteiger partial charge in [-0.2, -0.15) is 0 Å². The van der Waals surface area contributed by atoms with E-state index in [1.165, 1.54) is 0 Å². The second-order valence-corrected chi connectivity index (χ2v) is 1.84. The lowest BCUT2D eigenvalue weighted by atomic mass is 10.2. The molecule has 2 heteroatoms. The fourth-order valence-corrected chi connectivity index (χ4v) is 0.628. The molecule has 4 N–H and O–H groups in total. The average molecular weight is 125 g/mol. The highest BCUT2D eigenvalue weighted by Gasteiger charge is 1.83. The molecule has 0 aliphatic rings. The van der Waals surface area contributed by atoms with Crippen molar-refractivity contribution in [1.82, 2.24) is 6.15 Å². The average Bonchev–Trinajstić information content (AvgIpc) is 1.64. The van der Waals surface area contributed by atoms with E-state index < -0.39 is 0 Å². The molecule has 50 valence electrons. The van der Waals surface area contributed by atoms with Crippen LogP contribution in [-0.4, -0.2) is 5.11 Å². The van der Waals surface area contributed by atoms with Crippen LogP contribution in [0.5, 0.6) is 5.75 Å². The van der Waals surface area contributed by atoms with Gasteiger partial charge in [0.25, 0.3) is 0 Å². The Morgan fingerprint density at radius 1 is 1.33 bits per heavy atom. The summed E-state index contributed by atoms with van der Waals surface area (Å²) in [5, 5.41) is 8.81. The molecule has 1 rings (SSSR count). The number of phenols is 1. The van der Waals surface area contributed by atoms with Crippen LogP contribution in [0.4, 0.5) is 0 Å². The lowest BCUT2D eigenvalue weighted by Crippen LogP contribution is -1.66. The topological polar surface area (TPSA) is 55.2 Å². The fraction of sp³-hybridized carbons (Fsp3) is 0.143. The van der Waals surface area contributed by atoms with Crippen molar-refractivity contribution in [1.29, 1.82) is 0 Å². The molecule has 0 unspecified atom stereocenters. The van der Waals surface area contributed by atoms with Crippen molar-refractivity contribution in [3.8, 4) is 5.75 Å². The van der Waals surface area contributed by atoms with E-state index in [-0.39, 0.29) is 6.15 Å². The molecular formula is C7H11NO. The summed E-state index contributed by atoms with van der Waals surface area (Å²) in [5.41, 5.74) is 1.09. The van der Waals surface area contributed by atoms with Crippen LogP contribution >= 0.6 is 0 Å². The largest absolute Gasteiger partial charge is 0.508 e. The Morgan fingerprint density at radius 2 is 2.00 bits per heavy atom. The summed E-state index contributed by atoms with van der Waals surface area (Å²) in [4.78, 5) is 0. The first-order chi connectivity index (χ1) is 3.79. The van der Waals surface area contributed by atoms with Gasteiger partial charge in [0.1, 0.15) is 5.75 Å². The second kappa shape index (κ2) is 3.10. The van der Waals surface area contributed by atoms with Gasteiger partial charge in [-0.15, -0.1) is 0 Å². The van der Waals surface area contributed by atoms with Gasteiger partial charge in [-0.1, -0.05) is 12.1 Å². The first-order valence-corrected chi connectivity index (χ1v) is 2.54.